The number of hydrogen-bond donors (Lipinski definition) is 1. The molecule has 0 spiro atoms. The Morgan fingerprint density at radius 3 is 2.15 bits per heavy atom. The Labute approximate surface area is 234 Å². The molecule has 3 aromatic rings. The first-order chi connectivity index (χ1) is 19.1. The standard InChI is InChI=1S/C32H37N3O5/c1-21(36)40-27(29-25(37)19-32(2,3)20-26(29)38)14-8-6-4-5-7-9-15-28(39)35-24-18-22-12-10-16-33-30(22)31-23(24)13-11-17-34-31/h10-13,16-18H,4-9,14-15,19-20H2,1-3H3,(H,35,39). The summed E-state index contributed by atoms with van der Waals surface area (Å²) in [6.45, 7) is 5.08. The predicted octanol–water partition coefficient (Wildman–Crippen LogP) is 6.62. The van der Waals surface area contributed by atoms with Crippen molar-refractivity contribution in [3.8, 4) is 0 Å². The summed E-state index contributed by atoms with van der Waals surface area (Å²) in [5.41, 5.74) is 2.03. The summed E-state index contributed by atoms with van der Waals surface area (Å²) in [4.78, 5) is 58.5. The highest BCUT2D eigenvalue weighted by Crippen LogP contribution is 2.36. The number of carbonyl (C=O) groups is 4. The second-order valence-corrected chi connectivity index (χ2v) is 11.3. The average Bonchev–Trinajstić information content (AvgIpc) is 2.88. The number of benzene rings is 1. The van der Waals surface area contributed by atoms with Gasteiger partial charge in [0.15, 0.2) is 11.6 Å². The number of esters is 1. The molecule has 210 valence electrons. The number of ketones is 2. The maximum atomic E-state index is 12.7. The van der Waals surface area contributed by atoms with Crippen molar-refractivity contribution in [2.24, 2.45) is 5.41 Å². The van der Waals surface area contributed by atoms with Gasteiger partial charge in [-0.15, -0.1) is 0 Å². The summed E-state index contributed by atoms with van der Waals surface area (Å²) in [7, 11) is 0. The van der Waals surface area contributed by atoms with Crippen LogP contribution in [0, 0.1) is 5.41 Å². The van der Waals surface area contributed by atoms with E-state index in [1.54, 1.807) is 12.4 Å². The van der Waals surface area contributed by atoms with Crippen LogP contribution in [-0.4, -0.2) is 33.4 Å². The van der Waals surface area contributed by atoms with Gasteiger partial charge in [0, 0.05) is 55.8 Å². The summed E-state index contributed by atoms with van der Waals surface area (Å²) in [5.74, 6) is -0.797. The summed E-state index contributed by atoms with van der Waals surface area (Å²) in [5, 5.41) is 4.85. The average molecular weight is 544 g/mol. The number of nitrogens with zero attached hydrogens (tertiary/aromatic N) is 2. The number of rotatable bonds is 11. The van der Waals surface area contributed by atoms with Gasteiger partial charge in [0.05, 0.1) is 22.3 Å². The molecule has 0 bridgehead atoms. The summed E-state index contributed by atoms with van der Waals surface area (Å²) >= 11 is 0. The van der Waals surface area contributed by atoms with Crippen LogP contribution < -0.4 is 5.32 Å². The molecule has 1 aliphatic rings. The lowest BCUT2D eigenvalue weighted by Gasteiger charge is -2.29. The number of fused-ring (bicyclic) bond motifs is 3. The molecule has 8 heteroatoms. The van der Waals surface area contributed by atoms with E-state index in [0.29, 0.717) is 19.3 Å². The fourth-order valence-electron chi connectivity index (χ4n) is 5.35. The summed E-state index contributed by atoms with van der Waals surface area (Å²) < 4.78 is 5.32. The minimum absolute atomic E-state index is 0.0314. The van der Waals surface area contributed by atoms with Crippen LogP contribution in [0.3, 0.4) is 0 Å². The number of hydrogen-bond acceptors (Lipinski definition) is 7. The first-order valence-corrected chi connectivity index (χ1v) is 14.0. The number of ether oxygens (including phenoxy) is 1. The van der Waals surface area contributed by atoms with E-state index in [2.05, 4.69) is 15.3 Å². The van der Waals surface area contributed by atoms with Crippen LogP contribution in [0.15, 0.2) is 54.1 Å². The highest BCUT2D eigenvalue weighted by molar-refractivity contribution is 6.22. The molecule has 0 atom stereocenters. The lowest BCUT2D eigenvalue weighted by molar-refractivity contribution is -0.137. The highest BCUT2D eigenvalue weighted by Gasteiger charge is 2.38. The van der Waals surface area contributed by atoms with Gasteiger partial charge in [-0.05, 0) is 42.5 Å². The minimum Gasteiger partial charge on any atom is -0.430 e. The SMILES string of the molecule is CC(=O)OC(CCCCCCCCC(=O)Nc1cc2cccnc2c2ncccc12)=C1C(=O)CC(C)(C)CC1=O. The van der Waals surface area contributed by atoms with Crippen LogP contribution >= 0.6 is 0 Å². The molecule has 1 aromatic carbocycles. The van der Waals surface area contributed by atoms with Crippen LogP contribution in [0.1, 0.15) is 85.0 Å². The third kappa shape index (κ3) is 7.37. The van der Waals surface area contributed by atoms with E-state index >= 15 is 0 Å². The largest absolute Gasteiger partial charge is 0.430 e. The van der Waals surface area contributed by atoms with Gasteiger partial charge >= 0.3 is 5.97 Å². The molecule has 1 amide bonds. The van der Waals surface area contributed by atoms with E-state index in [9.17, 15) is 19.2 Å². The van der Waals surface area contributed by atoms with Crippen molar-refractivity contribution in [2.45, 2.75) is 85.0 Å². The second-order valence-electron chi connectivity index (χ2n) is 11.3. The molecule has 4 rings (SSSR count). The molecule has 0 aliphatic heterocycles. The van der Waals surface area contributed by atoms with Crippen molar-refractivity contribution in [1.82, 2.24) is 9.97 Å². The van der Waals surface area contributed by atoms with Crippen LogP contribution in [0.5, 0.6) is 0 Å². The van der Waals surface area contributed by atoms with E-state index in [1.165, 1.54) is 6.92 Å². The normalized spacial score (nSPS) is 14.9. The van der Waals surface area contributed by atoms with Gasteiger partial charge in [0.2, 0.25) is 5.91 Å². The number of allylic oxidation sites excluding steroid dienone is 2. The van der Waals surface area contributed by atoms with Gasteiger partial charge in [-0.3, -0.25) is 29.1 Å². The van der Waals surface area contributed by atoms with Crippen LogP contribution in [0.25, 0.3) is 21.8 Å². The maximum absolute atomic E-state index is 12.7. The zero-order valence-electron chi connectivity index (χ0n) is 23.5. The molecular weight excluding hydrogens is 506 g/mol. The van der Waals surface area contributed by atoms with Gasteiger partial charge in [-0.25, -0.2) is 0 Å². The van der Waals surface area contributed by atoms with E-state index in [1.807, 2.05) is 44.2 Å². The Kier molecular flexibility index (Phi) is 9.40. The van der Waals surface area contributed by atoms with Gasteiger partial charge in [-0.2, -0.15) is 0 Å². The Morgan fingerprint density at radius 2 is 1.48 bits per heavy atom. The number of nitrogens with one attached hydrogen (secondary N) is 1. The number of Topliss-reactive ketones (excluding diaryl/α,β-unsaturated/α-hetero) is 2. The van der Waals surface area contributed by atoms with Gasteiger partial charge in [-0.1, -0.05) is 45.6 Å². The quantitative estimate of drug-likeness (QED) is 0.0722. The molecule has 1 saturated carbocycles. The first kappa shape index (κ1) is 29.1. The van der Waals surface area contributed by atoms with Crippen molar-refractivity contribution >= 4 is 50.9 Å². The second kappa shape index (κ2) is 12.9. The third-order valence-corrected chi connectivity index (χ3v) is 7.17. The van der Waals surface area contributed by atoms with Gasteiger partial charge in [0.25, 0.3) is 0 Å². The van der Waals surface area contributed by atoms with Crippen molar-refractivity contribution in [3.05, 3.63) is 54.1 Å². The Bertz CT molecular complexity index is 1450. The fourth-order valence-corrected chi connectivity index (χ4v) is 5.35. The fraction of sp³-hybridized carbons (Fsp3) is 0.438. The van der Waals surface area contributed by atoms with Crippen molar-refractivity contribution in [3.63, 3.8) is 0 Å². The number of aromatic nitrogens is 2. The lowest BCUT2D eigenvalue weighted by atomic mass is 9.73. The highest BCUT2D eigenvalue weighted by atomic mass is 16.5. The lowest BCUT2D eigenvalue weighted by Crippen LogP contribution is -2.32. The molecule has 0 radical (unpaired) electrons. The van der Waals surface area contributed by atoms with E-state index in [4.69, 9.17) is 4.74 Å². The molecule has 1 fully saturated rings. The van der Waals surface area contributed by atoms with Crippen LogP contribution in [0.4, 0.5) is 5.69 Å². The third-order valence-electron chi connectivity index (χ3n) is 7.17. The predicted molar refractivity (Wildman–Crippen MR) is 154 cm³/mol. The molecular formula is C32H37N3O5. The number of pyridine rings is 2. The molecule has 2 heterocycles. The molecule has 1 aliphatic carbocycles. The molecule has 2 aromatic heterocycles. The molecule has 8 nitrogen and oxygen atoms in total. The molecule has 1 N–H and O–H groups in total. The number of carbonyl (C=O) groups excluding carboxylic acids is 4. The number of amides is 1. The molecule has 0 unspecified atom stereocenters. The van der Waals surface area contributed by atoms with E-state index in [0.717, 1.165) is 59.6 Å². The zero-order chi connectivity index (χ0) is 28.7. The van der Waals surface area contributed by atoms with E-state index < -0.39 is 5.97 Å². The molecule has 40 heavy (non-hydrogen) atoms. The van der Waals surface area contributed by atoms with Crippen LogP contribution in [0.2, 0.25) is 0 Å². The number of anilines is 1. The topological polar surface area (TPSA) is 115 Å². The van der Waals surface area contributed by atoms with Gasteiger partial charge in [0.1, 0.15) is 5.76 Å². The smallest absolute Gasteiger partial charge is 0.307 e. The van der Waals surface area contributed by atoms with Gasteiger partial charge < -0.3 is 10.1 Å². The Morgan fingerprint density at radius 1 is 0.875 bits per heavy atom. The summed E-state index contributed by atoms with van der Waals surface area (Å²) in [6.07, 6.45) is 10.0. The minimum atomic E-state index is -0.518. The van der Waals surface area contributed by atoms with Crippen LogP contribution in [-0.2, 0) is 23.9 Å². The van der Waals surface area contributed by atoms with Crippen molar-refractivity contribution in [2.75, 3.05) is 5.32 Å². The Balaban J connectivity index is 1.21. The van der Waals surface area contributed by atoms with Crippen molar-refractivity contribution < 1.29 is 23.9 Å². The monoisotopic (exact) mass is 543 g/mol. The maximum Gasteiger partial charge on any atom is 0.307 e. The number of unbranched alkanes of at least 4 members (excludes halogenated alkanes) is 5. The summed E-state index contributed by atoms with van der Waals surface area (Å²) in [6, 6.07) is 9.56. The van der Waals surface area contributed by atoms with Crippen molar-refractivity contribution in [1.29, 1.82) is 0 Å². The molecule has 0 saturated heterocycles. The zero-order valence-corrected chi connectivity index (χ0v) is 23.5. The van der Waals surface area contributed by atoms with E-state index in [-0.39, 0.29) is 47.1 Å². The Hall–Kier alpha value is -3.94. The first-order valence-electron chi connectivity index (χ1n) is 14.0.